The highest BCUT2D eigenvalue weighted by Crippen LogP contribution is 2.34. The summed E-state index contributed by atoms with van der Waals surface area (Å²) in [5.74, 6) is -2.04. The predicted octanol–water partition coefficient (Wildman–Crippen LogP) is 4.46. The summed E-state index contributed by atoms with van der Waals surface area (Å²) in [7, 11) is 0. The van der Waals surface area contributed by atoms with E-state index in [1.165, 1.54) is 0 Å². The first kappa shape index (κ1) is 35.6. The zero-order valence-corrected chi connectivity index (χ0v) is 30.5. The van der Waals surface area contributed by atoms with E-state index < -0.39 is 29.7 Å². The Balaban J connectivity index is 0.775. The van der Waals surface area contributed by atoms with Crippen LogP contribution in [0.5, 0.6) is 0 Å². The van der Waals surface area contributed by atoms with Gasteiger partial charge in [0.25, 0.3) is 17.7 Å². The molecule has 4 fully saturated rings. The highest BCUT2D eigenvalue weighted by Gasteiger charge is 2.45. The van der Waals surface area contributed by atoms with Crippen molar-refractivity contribution < 1.29 is 24.0 Å². The normalized spacial score (nSPS) is 23.4. The molecule has 8 rings (SSSR count). The lowest BCUT2D eigenvalue weighted by molar-refractivity contribution is -0.136. The van der Waals surface area contributed by atoms with Crippen LogP contribution in [0.2, 0.25) is 5.02 Å². The molecule has 5 amide bonds. The molecule has 4 aliphatic heterocycles. The van der Waals surface area contributed by atoms with Gasteiger partial charge in [0.1, 0.15) is 6.04 Å². The van der Waals surface area contributed by atoms with Crippen molar-refractivity contribution >= 4 is 63.9 Å². The van der Waals surface area contributed by atoms with Crippen LogP contribution >= 0.6 is 11.6 Å². The number of carbonyl (C=O) groups excluding carboxylic acids is 5. The molecule has 3 N–H and O–H groups in total. The fourth-order valence-corrected chi connectivity index (χ4v) is 8.52. The van der Waals surface area contributed by atoms with E-state index in [1.54, 1.807) is 24.3 Å². The van der Waals surface area contributed by atoms with Crippen molar-refractivity contribution in [3.05, 3.63) is 93.8 Å². The number of rotatable bonds is 8. The summed E-state index contributed by atoms with van der Waals surface area (Å²) in [6.07, 6.45) is 3.86. The molecular weight excluding hydrogens is 708 g/mol. The van der Waals surface area contributed by atoms with E-state index in [0.29, 0.717) is 33.9 Å². The number of nitrogens with one attached hydrogen (secondary N) is 3. The first-order valence-corrected chi connectivity index (χ1v) is 19.0. The van der Waals surface area contributed by atoms with Crippen molar-refractivity contribution in [2.24, 2.45) is 0 Å². The Morgan fingerprint density at radius 3 is 2.15 bits per heavy atom. The molecule has 3 saturated heterocycles. The van der Waals surface area contributed by atoms with E-state index in [4.69, 9.17) is 18.2 Å². The van der Waals surface area contributed by atoms with Crippen molar-refractivity contribution in [2.75, 3.05) is 54.4 Å². The van der Waals surface area contributed by atoms with Crippen molar-refractivity contribution in [3.63, 3.8) is 0 Å². The number of benzene rings is 3. The molecule has 1 atom stereocenters. The summed E-state index contributed by atoms with van der Waals surface area (Å²) >= 11 is 6.19. The number of hydrogen-bond acceptors (Lipinski definition) is 9. The Bertz CT molecular complexity index is 2050. The van der Waals surface area contributed by atoms with Gasteiger partial charge >= 0.3 is 0 Å². The third-order valence-electron chi connectivity index (χ3n) is 11.5. The number of halogens is 1. The third-order valence-corrected chi connectivity index (χ3v) is 11.8. The van der Waals surface area contributed by atoms with Crippen LogP contribution in [0.4, 0.5) is 22.7 Å². The summed E-state index contributed by atoms with van der Waals surface area (Å²) in [6, 6.07) is 18.4. The second-order valence-corrected chi connectivity index (χ2v) is 15.2. The fourth-order valence-electron chi connectivity index (χ4n) is 8.30. The highest BCUT2D eigenvalue weighted by atomic mass is 35.5. The molecule has 1 aliphatic carbocycles. The number of nitrogens with zero attached hydrogens (tertiary/aromatic N) is 5. The molecule has 54 heavy (non-hydrogen) atoms. The summed E-state index contributed by atoms with van der Waals surface area (Å²) in [5, 5.41) is 9.42. The van der Waals surface area contributed by atoms with Gasteiger partial charge in [-0.05, 0) is 86.7 Å². The van der Waals surface area contributed by atoms with Crippen LogP contribution in [-0.2, 0) is 9.59 Å². The molecule has 278 valence electrons. The van der Waals surface area contributed by atoms with Crippen LogP contribution in [0.25, 0.3) is 4.85 Å². The van der Waals surface area contributed by atoms with Gasteiger partial charge in [0.2, 0.25) is 17.5 Å². The van der Waals surface area contributed by atoms with Crippen molar-refractivity contribution in [1.82, 2.24) is 20.4 Å². The number of amides is 5. The van der Waals surface area contributed by atoms with E-state index in [2.05, 4.69) is 35.5 Å². The van der Waals surface area contributed by atoms with Crippen LogP contribution in [-0.4, -0.2) is 103 Å². The monoisotopic (exact) mass is 748 g/mol. The topological polar surface area (TPSA) is 139 Å². The molecule has 3 aromatic rings. The van der Waals surface area contributed by atoms with Crippen LogP contribution in [0.1, 0.15) is 69.6 Å². The number of imide groups is 2. The molecule has 0 radical (unpaired) electrons. The minimum atomic E-state index is -0.975. The standard InChI is InChI=1S/C40H41ClN8O5/c1-42-34-13-8-27(20-33(34)41)43-25-4-6-26(7-5-25)44-37(51)24-2-9-28(10-3-24)46-16-18-47(19-17-46)30-22-48(23-30)29-11-12-31-32(21-29)40(54)49(39(31)53)35-14-15-36(50)45-38(35)52/h2-3,8-13,20-21,25-26,30,35,43H,4-7,14-19,22-23H2,(H,44,51)(H,45,50,52). The molecule has 14 heteroatoms. The summed E-state index contributed by atoms with van der Waals surface area (Å²) < 4.78 is 0. The third kappa shape index (κ3) is 6.99. The number of anilines is 3. The second kappa shape index (κ2) is 14.8. The fraction of sp³-hybridized carbons (Fsp3) is 0.400. The number of piperidine rings is 1. The first-order valence-electron chi connectivity index (χ1n) is 18.6. The van der Waals surface area contributed by atoms with E-state index in [9.17, 15) is 24.0 Å². The van der Waals surface area contributed by atoms with Gasteiger partial charge in [0.15, 0.2) is 0 Å². The minimum absolute atomic E-state index is 0.0511. The average molecular weight is 749 g/mol. The summed E-state index contributed by atoms with van der Waals surface area (Å²) in [4.78, 5) is 74.9. The van der Waals surface area contributed by atoms with E-state index >= 15 is 0 Å². The molecule has 3 aromatic carbocycles. The SMILES string of the molecule is [C-]#[N+]c1ccc(NC2CCC(NC(=O)c3ccc(N4CCN(C5CN(c6ccc7c(c6)C(=O)N(C6CCC(=O)NC6=O)C7=O)C5)CC4)cc3)CC2)cc1Cl. The highest BCUT2D eigenvalue weighted by molar-refractivity contribution is 6.33. The van der Waals surface area contributed by atoms with Gasteiger partial charge in [-0.2, -0.15) is 0 Å². The van der Waals surface area contributed by atoms with Crippen LogP contribution in [0.15, 0.2) is 60.7 Å². The van der Waals surface area contributed by atoms with E-state index in [1.807, 2.05) is 36.4 Å². The van der Waals surface area contributed by atoms with E-state index in [0.717, 1.165) is 86.9 Å². The van der Waals surface area contributed by atoms with Crippen LogP contribution in [0, 0.1) is 6.57 Å². The molecule has 1 saturated carbocycles. The zero-order chi connectivity index (χ0) is 37.5. The first-order chi connectivity index (χ1) is 26.1. The molecule has 0 aromatic heterocycles. The molecule has 5 aliphatic rings. The Morgan fingerprint density at radius 2 is 1.46 bits per heavy atom. The van der Waals surface area contributed by atoms with Gasteiger partial charge in [-0.1, -0.05) is 17.7 Å². The largest absolute Gasteiger partial charge is 0.382 e. The molecule has 0 spiro atoms. The van der Waals surface area contributed by atoms with Gasteiger partial charge < -0.3 is 20.4 Å². The Kier molecular flexibility index (Phi) is 9.72. The van der Waals surface area contributed by atoms with Crippen LogP contribution < -0.4 is 25.8 Å². The number of fused-ring (bicyclic) bond motifs is 1. The lowest BCUT2D eigenvalue weighted by atomic mass is 9.90. The van der Waals surface area contributed by atoms with Gasteiger partial charge in [-0.15, -0.1) is 0 Å². The predicted molar refractivity (Wildman–Crippen MR) is 204 cm³/mol. The molecule has 0 bridgehead atoms. The lowest BCUT2D eigenvalue weighted by Gasteiger charge is -2.49. The number of piperazine rings is 1. The second-order valence-electron chi connectivity index (χ2n) is 14.8. The van der Waals surface area contributed by atoms with Crippen molar-refractivity contribution in [3.8, 4) is 0 Å². The smallest absolute Gasteiger partial charge is 0.262 e. The maximum absolute atomic E-state index is 13.3. The van der Waals surface area contributed by atoms with Gasteiger partial charge in [0.05, 0.1) is 17.7 Å². The summed E-state index contributed by atoms with van der Waals surface area (Å²) in [6.45, 7) is 12.4. The molecule has 1 unspecified atom stereocenters. The Morgan fingerprint density at radius 1 is 0.778 bits per heavy atom. The maximum Gasteiger partial charge on any atom is 0.262 e. The average Bonchev–Trinajstić information content (AvgIpc) is 3.40. The van der Waals surface area contributed by atoms with Gasteiger partial charge in [0, 0.05) is 91.5 Å². The summed E-state index contributed by atoms with van der Waals surface area (Å²) in [5.41, 5.74) is 4.56. The van der Waals surface area contributed by atoms with Gasteiger partial charge in [-0.25, -0.2) is 4.85 Å². The van der Waals surface area contributed by atoms with Crippen LogP contribution in [0.3, 0.4) is 0 Å². The number of hydrogen-bond donors (Lipinski definition) is 3. The lowest BCUT2D eigenvalue weighted by Crippen LogP contribution is -2.63. The van der Waals surface area contributed by atoms with Crippen molar-refractivity contribution in [1.29, 1.82) is 0 Å². The number of carbonyl (C=O) groups is 5. The Hall–Kier alpha value is -5.45. The minimum Gasteiger partial charge on any atom is -0.382 e. The molecule has 13 nitrogen and oxygen atoms in total. The Labute approximate surface area is 318 Å². The maximum atomic E-state index is 13.3. The van der Waals surface area contributed by atoms with Crippen molar-refractivity contribution in [2.45, 2.75) is 62.7 Å². The molecular formula is C40H41ClN8O5. The molecule has 4 heterocycles. The zero-order valence-electron chi connectivity index (χ0n) is 29.7. The quantitative estimate of drug-likeness (QED) is 0.225. The van der Waals surface area contributed by atoms with Gasteiger partial charge in [-0.3, -0.25) is 39.1 Å². The van der Waals surface area contributed by atoms with E-state index in [-0.39, 0.29) is 30.4 Å².